The van der Waals surface area contributed by atoms with Crippen molar-refractivity contribution in [2.24, 2.45) is 5.92 Å². The summed E-state index contributed by atoms with van der Waals surface area (Å²) in [5, 5.41) is 3.24. The maximum Gasteiger partial charge on any atom is 0.226 e. The van der Waals surface area contributed by atoms with Crippen molar-refractivity contribution < 1.29 is 9.53 Å². The van der Waals surface area contributed by atoms with E-state index in [1.165, 1.54) is 5.56 Å². The number of nitrogens with one attached hydrogen (secondary N) is 1. The van der Waals surface area contributed by atoms with E-state index in [1.54, 1.807) is 7.11 Å². The fraction of sp³-hybridized carbons (Fsp3) is 0.562. The van der Waals surface area contributed by atoms with Crippen molar-refractivity contribution in [2.75, 3.05) is 33.8 Å². The molecule has 1 fully saturated rings. The molecular formula is C16H24N2O2. The van der Waals surface area contributed by atoms with Gasteiger partial charge >= 0.3 is 0 Å². The summed E-state index contributed by atoms with van der Waals surface area (Å²) in [5.41, 5.74) is 1.29. The first-order chi connectivity index (χ1) is 9.70. The molecule has 1 atom stereocenters. The maximum atomic E-state index is 12.1. The van der Waals surface area contributed by atoms with Crippen LogP contribution in [-0.4, -0.2) is 44.6 Å². The van der Waals surface area contributed by atoms with Gasteiger partial charge in [-0.05, 0) is 43.5 Å². The summed E-state index contributed by atoms with van der Waals surface area (Å²) < 4.78 is 5.14. The third-order valence-electron chi connectivity index (χ3n) is 3.90. The average molecular weight is 276 g/mol. The summed E-state index contributed by atoms with van der Waals surface area (Å²) >= 11 is 0. The fourth-order valence-electron chi connectivity index (χ4n) is 2.60. The van der Waals surface area contributed by atoms with E-state index in [0.29, 0.717) is 0 Å². The lowest BCUT2D eigenvalue weighted by Crippen LogP contribution is -2.34. The van der Waals surface area contributed by atoms with Gasteiger partial charge in [0.2, 0.25) is 5.91 Å². The van der Waals surface area contributed by atoms with E-state index < -0.39 is 0 Å². The molecule has 1 N–H and O–H groups in total. The van der Waals surface area contributed by atoms with Crippen molar-refractivity contribution >= 4 is 5.91 Å². The van der Waals surface area contributed by atoms with Gasteiger partial charge < -0.3 is 15.0 Å². The Hall–Kier alpha value is -1.55. The van der Waals surface area contributed by atoms with Crippen LogP contribution in [0.3, 0.4) is 0 Å². The number of aryl methyl sites for hydroxylation is 1. The number of hydrogen-bond donors (Lipinski definition) is 1. The van der Waals surface area contributed by atoms with E-state index in [0.717, 1.165) is 44.6 Å². The van der Waals surface area contributed by atoms with E-state index in [2.05, 4.69) is 17.4 Å². The Bertz CT molecular complexity index is 425. The summed E-state index contributed by atoms with van der Waals surface area (Å²) in [6.45, 7) is 2.62. The van der Waals surface area contributed by atoms with Gasteiger partial charge in [0.25, 0.3) is 0 Å². The van der Waals surface area contributed by atoms with E-state index in [9.17, 15) is 4.79 Å². The standard InChI is InChI=1S/C16H24N2O2/c1-18(16(19)14-9-10-17-12-14)11-3-4-13-5-7-15(20-2)8-6-13/h5-8,14,17H,3-4,9-12H2,1-2H3. The third kappa shape index (κ3) is 3.97. The first-order valence-corrected chi connectivity index (χ1v) is 7.29. The highest BCUT2D eigenvalue weighted by molar-refractivity contribution is 5.79. The molecule has 1 aliphatic heterocycles. The molecule has 1 saturated heterocycles. The first kappa shape index (κ1) is 14.9. The van der Waals surface area contributed by atoms with E-state index in [-0.39, 0.29) is 11.8 Å². The van der Waals surface area contributed by atoms with Crippen LogP contribution in [0.5, 0.6) is 5.75 Å². The van der Waals surface area contributed by atoms with Crippen LogP contribution >= 0.6 is 0 Å². The predicted octanol–water partition coefficient (Wildman–Crippen LogP) is 1.70. The zero-order valence-electron chi connectivity index (χ0n) is 12.4. The topological polar surface area (TPSA) is 41.6 Å². The van der Waals surface area contributed by atoms with Gasteiger partial charge in [-0.25, -0.2) is 0 Å². The molecule has 1 heterocycles. The number of methoxy groups -OCH3 is 1. The predicted molar refractivity (Wildman–Crippen MR) is 79.9 cm³/mol. The molecule has 0 aliphatic carbocycles. The monoisotopic (exact) mass is 276 g/mol. The minimum Gasteiger partial charge on any atom is -0.497 e. The van der Waals surface area contributed by atoms with Crippen LogP contribution in [0.25, 0.3) is 0 Å². The third-order valence-corrected chi connectivity index (χ3v) is 3.90. The molecule has 110 valence electrons. The number of benzene rings is 1. The molecule has 0 bridgehead atoms. The highest BCUT2D eigenvalue weighted by Gasteiger charge is 2.24. The number of rotatable bonds is 6. The van der Waals surface area contributed by atoms with Crippen LogP contribution < -0.4 is 10.1 Å². The van der Waals surface area contributed by atoms with Crippen molar-refractivity contribution in [3.05, 3.63) is 29.8 Å². The minimum absolute atomic E-state index is 0.181. The molecular weight excluding hydrogens is 252 g/mol. The summed E-state index contributed by atoms with van der Waals surface area (Å²) in [6.07, 6.45) is 2.96. The first-order valence-electron chi connectivity index (χ1n) is 7.29. The van der Waals surface area contributed by atoms with Gasteiger partial charge in [0, 0.05) is 20.1 Å². The Kier molecular flexibility index (Phi) is 5.41. The highest BCUT2D eigenvalue weighted by Crippen LogP contribution is 2.14. The van der Waals surface area contributed by atoms with Gasteiger partial charge in [0.05, 0.1) is 13.0 Å². The second-order valence-electron chi connectivity index (χ2n) is 5.40. The lowest BCUT2D eigenvalue weighted by molar-refractivity contribution is -0.133. The second kappa shape index (κ2) is 7.29. The summed E-state index contributed by atoms with van der Waals surface area (Å²) in [5.74, 6) is 1.35. The molecule has 1 aromatic rings. The number of carbonyl (C=O) groups excluding carboxylic acids is 1. The van der Waals surface area contributed by atoms with Crippen LogP contribution in [0, 0.1) is 5.92 Å². The number of amides is 1. The van der Waals surface area contributed by atoms with Gasteiger partial charge in [0.15, 0.2) is 0 Å². The van der Waals surface area contributed by atoms with Crippen molar-refractivity contribution in [1.82, 2.24) is 10.2 Å². The Morgan fingerprint density at radius 3 is 2.75 bits per heavy atom. The lowest BCUT2D eigenvalue weighted by atomic mass is 10.1. The molecule has 1 amide bonds. The van der Waals surface area contributed by atoms with Crippen molar-refractivity contribution in [2.45, 2.75) is 19.3 Å². The minimum atomic E-state index is 0.181. The van der Waals surface area contributed by atoms with Crippen LogP contribution in [0.15, 0.2) is 24.3 Å². The number of ether oxygens (including phenoxy) is 1. The van der Waals surface area contributed by atoms with Crippen LogP contribution in [0.2, 0.25) is 0 Å². The number of carbonyl (C=O) groups is 1. The smallest absolute Gasteiger partial charge is 0.226 e. The SMILES string of the molecule is COc1ccc(CCCN(C)C(=O)C2CCNC2)cc1. The molecule has 0 radical (unpaired) electrons. The normalized spacial score (nSPS) is 18.0. The molecule has 1 unspecified atom stereocenters. The quantitative estimate of drug-likeness (QED) is 0.860. The summed E-state index contributed by atoms with van der Waals surface area (Å²) in [6, 6.07) is 8.13. The van der Waals surface area contributed by atoms with Crippen molar-refractivity contribution in [3.63, 3.8) is 0 Å². The second-order valence-corrected chi connectivity index (χ2v) is 5.40. The van der Waals surface area contributed by atoms with E-state index in [4.69, 9.17) is 4.74 Å². The van der Waals surface area contributed by atoms with Crippen LogP contribution in [0.1, 0.15) is 18.4 Å². The van der Waals surface area contributed by atoms with Crippen molar-refractivity contribution in [3.8, 4) is 5.75 Å². The Morgan fingerprint density at radius 1 is 1.40 bits per heavy atom. The molecule has 0 aromatic heterocycles. The Balaban J connectivity index is 1.72. The Morgan fingerprint density at radius 2 is 2.15 bits per heavy atom. The van der Waals surface area contributed by atoms with Crippen LogP contribution in [-0.2, 0) is 11.2 Å². The molecule has 4 heteroatoms. The highest BCUT2D eigenvalue weighted by atomic mass is 16.5. The zero-order chi connectivity index (χ0) is 14.4. The van der Waals surface area contributed by atoms with Gasteiger partial charge in [-0.2, -0.15) is 0 Å². The molecule has 0 saturated carbocycles. The number of hydrogen-bond acceptors (Lipinski definition) is 3. The number of nitrogens with zero attached hydrogens (tertiary/aromatic N) is 1. The lowest BCUT2D eigenvalue weighted by Gasteiger charge is -2.20. The molecule has 2 rings (SSSR count). The van der Waals surface area contributed by atoms with Gasteiger partial charge in [-0.3, -0.25) is 4.79 Å². The summed E-state index contributed by atoms with van der Waals surface area (Å²) in [7, 11) is 3.59. The molecule has 0 spiro atoms. The van der Waals surface area contributed by atoms with Gasteiger partial charge in [-0.15, -0.1) is 0 Å². The molecule has 1 aromatic carbocycles. The van der Waals surface area contributed by atoms with Gasteiger partial charge in [-0.1, -0.05) is 12.1 Å². The van der Waals surface area contributed by atoms with Gasteiger partial charge in [0.1, 0.15) is 5.75 Å². The fourth-order valence-corrected chi connectivity index (χ4v) is 2.60. The zero-order valence-corrected chi connectivity index (χ0v) is 12.4. The summed E-state index contributed by atoms with van der Waals surface area (Å²) in [4.78, 5) is 14.0. The average Bonchev–Trinajstić information content (AvgIpc) is 3.01. The molecule has 4 nitrogen and oxygen atoms in total. The Labute approximate surface area is 121 Å². The van der Waals surface area contributed by atoms with E-state index >= 15 is 0 Å². The van der Waals surface area contributed by atoms with Crippen LogP contribution in [0.4, 0.5) is 0 Å². The van der Waals surface area contributed by atoms with E-state index in [1.807, 2.05) is 24.1 Å². The molecule has 20 heavy (non-hydrogen) atoms. The van der Waals surface area contributed by atoms with Crippen molar-refractivity contribution in [1.29, 1.82) is 0 Å². The molecule has 1 aliphatic rings. The largest absolute Gasteiger partial charge is 0.497 e. The maximum absolute atomic E-state index is 12.1.